The van der Waals surface area contributed by atoms with Crippen LogP contribution in [-0.2, 0) is 16.1 Å². The van der Waals surface area contributed by atoms with E-state index in [9.17, 15) is 0 Å². The summed E-state index contributed by atoms with van der Waals surface area (Å²) in [4.78, 5) is 0. The molecule has 2 nitrogen and oxygen atoms in total. The Hall–Kier alpha value is -0.860. The zero-order chi connectivity index (χ0) is 24.0. The van der Waals surface area contributed by atoms with Gasteiger partial charge in [-0.3, -0.25) is 0 Å². The van der Waals surface area contributed by atoms with Crippen molar-refractivity contribution in [3.63, 3.8) is 0 Å². The van der Waals surface area contributed by atoms with E-state index in [0.29, 0.717) is 25.2 Å². The van der Waals surface area contributed by atoms with Crippen LogP contribution in [0.2, 0.25) is 0 Å². The summed E-state index contributed by atoms with van der Waals surface area (Å²) < 4.78 is 12.4. The molecule has 1 aromatic carbocycles. The third kappa shape index (κ3) is 19.2. The molecule has 0 saturated carbocycles. The Labute approximate surface area is 207 Å². The molecule has 0 N–H and O–H groups in total. The standard InChI is InChI=1S/C31H56O2/c1-5-6-7-8-9-10-11-12-13-14-15-16-17-19-22-29(4)32-27-31(25-28(2)3)33-26-30-23-20-18-21-24-30/h18,20-21,23-24,28-29,31H,5-17,19,22,25-27H2,1-4H3/t29?,31-/m1/s1. The first kappa shape index (κ1) is 30.2. The Morgan fingerprint density at radius 2 is 1.15 bits per heavy atom. The molecule has 1 unspecified atom stereocenters. The Bertz CT molecular complexity index is 513. The monoisotopic (exact) mass is 460 g/mol. The summed E-state index contributed by atoms with van der Waals surface area (Å²) in [6, 6.07) is 10.5. The van der Waals surface area contributed by atoms with Crippen LogP contribution in [0.1, 0.15) is 136 Å². The minimum Gasteiger partial charge on any atom is -0.376 e. The molecule has 0 bridgehead atoms. The van der Waals surface area contributed by atoms with Crippen LogP contribution in [0.15, 0.2) is 30.3 Å². The van der Waals surface area contributed by atoms with E-state index in [0.717, 1.165) is 6.42 Å². The van der Waals surface area contributed by atoms with Gasteiger partial charge in [-0.2, -0.15) is 0 Å². The van der Waals surface area contributed by atoms with E-state index in [4.69, 9.17) is 9.47 Å². The molecule has 33 heavy (non-hydrogen) atoms. The van der Waals surface area contributed by atoms with Crippen molar-refractivity contribution in [2.45, 2.75) is 149 Å². The second-order valence-corrected chi connectivity index (χ2v) is 10.6. The summed E-state index contributed by atoms with van der Waals surface area (Å²) in [5.74, 6) is 0.621. The van der Waals surface area contributed by atoms with Gasteiger partial charge in [-0.25, -0.2) is 0 Å². The largest absolute Gasteiger partial charge is 0.376 e. The van der Waals surface area contributed by atoms with E-state index in [2.05, 4.69) is 58.0 Å². The maximum atomic E-state index is 6.19. The lowest BCUT2D eigenvalue weighted by molar-refractivity contribution is -0.0556. The van der Waals surface area contributed by atoms with Gasteiger partial charge in [0.05, 0.1) is 25.4 Å². The number of benzene rings is 1. The van der Waals surface area contributed by atoms with Gasteiger partial charge in [0.15, 0.2) is 0 Å². The Morgan fingerprint density at radius 1 is 0.636 bits per heavy atom. The van der Waals surface area contributed by atoms with Crippen molar-refractivity contribution in [1.29, 1.82) is 0 Å². The van der Waals surface area contributed by atoms with Gasteiger partial charge in [0.25, 0.3) is 0 Å². The maximum Gasteiger partial charge on any atom is 0.0815 e. The fourth-order valence-electron chi connectivity index (χ4n) is 4.48. The second kappa shape index (κ2) is 21.7. The summed E-state index contributed by atoms with van der Waals surface area (Å²) in [7, 11) is 0. The zero-order valence-corrected chi connectivity index (χ0v) is 22.7. The fraction of sp³-hybridized carbons (Fsp3) is 0.806. The maximum absolute atomic E-state index is 6.19. The van der Waals surface area contributed by atoms with Crippen LogP contribution in [0.25, 0.3) is 0 Å². The van der Waals surface area contributed by atoms with Crippen LogP contribution < -0.4 is 0 Å². The Morgan fingerprint density at radius 3 is 1.67 bits per heavy atom. The van der Waals surface area contributed by atoms with Gasteiger partial charge in [0.1, 0.15) is 0 Å². The van der Waals surface area contributed by atoms with Gasteiger partial charge in [0, 0.05) is 0 Å². The summed E-state index contributed by atoms with van der Waals surface area (Å²) in [5, 5.41) is 0. The molecule has 0 spiro atoms. The van der Waals surface area contributed by atoms with Crippen LogP contribution in [0.4, 0.5) is 0 Å². The van der Waals surface area contributed by atoms with Gasteiger partial charge in [-0.1, -0.05) is 141 Å². The highest BCUT2D eigenvalue weighted by molar-refractivity contribution is 5.13. The number of unbranched alkanes of at least 4 members (excludes halogenated alkanes) is 13. The quantitative estimate of drug-likeness (QED) is 0.151. The average molecular weight is 461 g/mol. The first-order valence-corrected chi connectivity index (χ1v) is 14.4. The van der Waals surface area contributed by atoms with E-state index in [-0.39, 0.29) is 6.10 Å². The highest BCUT2D eigenvalue weighted by atomic mass is 16.5. The minimum absolute atomic E-state index is 0.184. The van der Waals surface area contributed by atoms with E-state index in [1.165, 1.54) is 102 Å². The molecular weight excluding hydrogens is 404 g/mol. The lowest BCUT2D eigenvalue weighted by atomic mass is 10.0. The fourth-order valence-corrected chi connectivity index (χ4v) is 4.48. The van der Waals surface area contributed by atoms with Crippen molar-refractivity contribution in [2.75, 3.05) is 6.61 Å². The number of ether oxygens (including phenoxy) is 2. The Balaban J connectivity index is 1.98. The first-order valence-electron chi connectivity index (χ1n) is 14.4. The third-order valence-electron chi connectivity index (χ3n) is 6.59. The molecule has 2 atom stereocenters. The van der Waals surface area contributed by atoms with Crippen molar-refractivity contribution in [2.24, 2.45) is 5.92 Å². The highest BCUT2D eigenvalue weighted by Crippen LogP contribution is 2.16. The zero-order valence-electron chi connectivity index (χ0n) is 22.7. The molecule has 0 amide bonds. The van der Waals surface area contributed by atoms with E-state index >= 15 is 0 Å². The van der Waals surface area contributed by atoms with Crippen molar-refractivity contribution in [3.05, 3.63) is 35.9 Å². The van der Waals surface area contributed by atoms with Gasteiger partial charge in [-0.05, 0) is 31.2 Å². The molecule has 0 saturated heterocycles. The van der Waals surface area contributed by atoms with Gasteiger partial charge in [0.2, 0.25) is 0 Å². The number of hydrogen-bond donors (Lipinski definition) is 0. The minimum atomic E-state index is 0.184. The average Bonchev–Trinajstić information content (AvgIpc) is 2.81. The molecule has 0 heterocycles. The third-order valence-corrected chi connectivity index (χ3v) is 6.59. The van der Waals surface area contributed by atoms with E-state index < -0.39 is 0 Å². The van der Waals surface area contributed by atoms with E-state index in [1.807, 2.05) is 0 Å². The summed E-state index contributed by atoms with van der Waals surface area (Å²) in [6.07, 6.45) is 22.5. The van der Waals surface area contributed by atoms with Crippen molar-refractivity contribution in [3.8, 4) is 0 Å². The Kier molecular flexibility index (Phi) is 19.8. The molecular formula is C31H56O2. The van der Waals surface area contributed by atoms with Gasteiger partial charge < -0.3 is 9.47 Å². The molecule has 1 aromatic rings. The van der Waals surface area contributed by atoms with Crippen LogP contribution >= 0.6 is 0 Å². The SMILES string of the molecule is CCCCCCCCCCCCCCCCC(C)OC[C@@H](CC(C)C)OCc1ccccc1. The van der Waals surface area contributed by atoms with Crippen LogP contribution in [0.3, 0.4) is 0 Å². The van der Waals surface area contributed by atoms with Crippen molar-refractivity contribution >= 4 is 0 Å². The summed E-state index contributed by atoms with van der Waals surface area (Å²) in [5.41, 5.74) is 1.24. The predicted octanol–water partition coefficient (Wildman–Crippen LogP) is 9.89. The molecule has 0 radical (unpaired) electrons. The molecule has 0 fully saturated rings. The summed E-state index contributed by atoms with van der Waals surface area (Å²) >= 11 is 0. The van der Waals surface area contributed by atoms with Crippen LogP contribution in [0.5, 0.6) is 0 Å². The first-order chi connectivity index (χ1) is 16.1. The molecule has 0 aromatic heterocycles. The normalized spacial score (nSPS) is 13.5. The molecule has 0 aliphatic heterocycles. The molecule has 0 aliphatic carbocycles. The number of rotatable bonds is 23. The van der Waals surface area contributed by atoms with E-state index in [1.54, 1.807) is 0 Å². The lowest BCUT2D eigenvalue weighted by Gasteiger charge is -2.22. The predicted molar refractivity (Wildman–Crippen MR) is 145 cm³/mol. The van der Waals surface area contributed by atoms with Crippen molar-refractivity contribution < 1.29 is 9.47 Å². The van der Waals surface area contributed by atoms with Gasteiger partial charge >= 0.3 is 0 Å². The number of hydrogen-bond acceptors (Lipinski definition) is 2. The second-order valence-electron chi connectivity index (χ2n) is 10.6. The lowest BCUT2D eigenvalue weighted by Crippen LogP contribution is -2.24. The molecule has 1 rings (SSSR count). The van der Waals surface area contributed by atoms with Crippen LogP contribution in [-0.4, -0.2) is 18.8 Å². The van der Waals surface area contributed by atoms with Crippen LogP contribution in [0, 0.1) is 5.92 Å². The van der Waals surface area contributed by atoms with Crippen molar-refractivity contribution in [1.82, 2.24) is 0 Å². The topological polar surface area (TPSA) is 18.5 Å². The molecule has 0 aliphatic rings. The smallest absolute Gasteiger partial charge is 0.0815 e. The van der Waals surface area contributed by atoms with Gasteiger partial charge in [-0.15, -0.1) is 0 Å². The molecule has 192 valence electrons. The highest BCUT2D eigenvalue weighted by Gasteiger charge is 2.14. The molecule has 2 heteroatoms. The summed E-state index contributed by atoms with van der Waals surface area (Å²) in [6.45, 7) is 10.4.